The zero-order valence-corrected chi connectivity index (χ0v) is 31.4. The Hall–Kier alpha value is -5.18. The third-order valence-electron chi connectivity index (χ3n) is 7.68. The molecular formula is C31H30F2N7O14P3. The van der Waals surface area contributed by atoms with E-state index in [2.05, 4.69) is 34.2 Å². The SMILES string of the molecule is Nc1ncnc2c1ncn2[C@@H]1O[C@H](COP(=O)(O)OP(=O)(O)OP(=O)(O)Cc2ccccc2)[C@H](OC(=O)Nc2ccc(F)cc2)C1OC(=O)Nc1ccc(F)cc1. The number of aromatic nitrogens is 4. The molecule has 7 atom stereocenters. The molecular weight excluding hydrogens is 825 g/mol. The van der Waals surface area contributed by atoms with E-state index in [1.165, 1.54) is 53.1 Å². The van der Waals surface area contributed by atoms with Crippen molar-refractivity contribution in [3.63, 3.8) is 0 Å². The molecule has 1 aliphatic heterocycles. The number of nitrogen functional groups attached to an aromatic ring is 1. The van der Waals surface area contributed by atoms with Crippen LogP contribution in [0.15, 0.2) is 91.5 Å². The van der Waals surface area contributed by atoms with Crippen LogP contribution in [-0.4, -0.2) is 71.3 Å². The third kappa shape index (κ3) is 11.0. The summed E-state index contributed by atoms with van der Waals surface area (Å²) in [6, 6.07) is 16.4. The van der Waals surface area contributed by atoms with E-state index in [1.807, 2.05) is 0 Å². The van der Waals surface area contributed by atoms with Crippen molar-refractivity contribution in [1.29, 1.82) is 0 Å². The number of fused-ring (bicyclic) bond motifs is 1. The second-order valence-electron chi connectivity index (χ2n) is 11.8. The molecule has 0 radical (unpaired) electrons. The van der Waals surface area contributed by atoms with Gasteiger partial charge in [-0.3, -0.25) is 24.3 Å². The molecule has 0 spiro atoms. The number of ether oxygens (including phenoxy) is 3. The van der Waals surface area contributed by atoms with Gasteiger partial charge in [-0.1, -0.05) is 30.3 Å². The highest BCUT2D eigenvalue weighted by Crippen LogP contribution is 2.68. The Morgan fingerprint density at radius 3 is 1.96 bits per heavy atom. The zero-order chi connectivity index (χ0) is 41.0. The molecule has 1 aliphatic rings. The van der Waals surface area contributed by atoms with Crippen LogP contribution < -0.4 is 16.4 Å². The molecule has 5 aromatic rings. The lowest BCUT2D eigenvalue weighted by molar-refractivity contribution is -0.0514. The molecule has 3 heterocycles. The number of nitrogens with zero attached hydrogens (tertiary/aromatic N) is 4. The number of nitrogens with two attached hydrogens (primary N) is 1. The Labute approximate surface area is 319 Å². The van der Waals surface area contributed by atoms with Gasteiger partial charge in [0.05, 0.1) is 19.1 Å². The minimum Gasteiger partial charge on any atom is -0.439 e. The molecule has 1 saturated heterocycles. The largest absolute Gasteiger partial charge is 0.488 e. The van der Waals surface area contributed by atoms with Crippen molar-refractivity contribution < 1.29 is 74.1 Å². The molecule has 6 rings (SSSR count). The Kier molecular flexibility index (Phi) is 12.5. The van der Waals surface area contributed by atoms with Gasteiger partial charge in [0.25, 0.3) is 0 Å². The van der Waals surface area contributed by atoms with Gasteiger partial charge in [0, 0.05) is 11.4 Å². The summed E-state index contributed by atoms with van der Waals surface area (Å²) in [6.07, 6.45) is -7.81. The van der Waals surface area contributed by atoms with Crippen LogP contribution in [0.2, 0.25) is 0 Å². The quantitative estimate of drug-likeness (QED) is 0.0756. The monoisotopic (exact) mass is 855 g/mol. The number of halogens is 2. The standard InChI is InChI=1S/C31H30F2N7O14P3/c32-19-6-10-21(11-7-19)38-30(41)51-25-23(14-49-56(45,46)54-57(47,48)53-55(43,44)15-18-4-2-1-3-5-18)50-29(40-17-37-24-27(34)35-16-36-28(24)40)26(25)52-31(42)39-22-12-8-20(33)9-13-22/h1-13,16-17,23,25-26,29H,14-15H2,(H,38,41)(H,39,42)(H,43,44)(H,45,46)(H,47,48)(H2,34,35,36)/t23-,25+,26?,29-/m1/s1. The van der Waals surface area contributed by atoms with E-state index in [9.17, 15) is 46.7 Å². The lowest BCUT2D eigenvalue weighted by Crippen LogP contribution is -2.42. The number of amides is 2. The first-order valence-electron chi connectivity index (χ1n) is 16.1. The van der Waals surface area contributed by atoms with Gasteiger partial charge in [-0.25, -0.2) is 46.8 Å². The average Bonchev–Trinajstić information content (AvgIpc) is 3.70. The van der Waals surface area contributed by atoms with Gasteiger partial charge in [-0.2, -0.15) is 4.31 Å². The van der Waals surface area contributed by atoms with Gasteiger partial charge in [0.1, 0.15) is 29.6 Å². The molecule has 302 valence electrons. The van der Waals surface area contributed by atoms with Crippen molar-refractivity contribution >= 4 is 63.8 Å². The normalized spacial score (nSPS) is 21.1. The van der Waals surface area contributed by atoms with Crippen LogP contribution in [-0.2, 0) is 47.2 Å². The van der Waals surface area contributed by atoms with Gasteiger partial charge in [-0.05, 0) is 54.1 Å². The Morgan fingerprint density at radius 2 is 1.37 bits per heavy atom. The molecule has 2 aromatic heterocycles. The molecule has 4 unspecified atom stereocenters. The van der Waals surface area contributed by atoms with Crippen molar-refractivity contribution in [2.75, 3.05) is 23.0 Å². The fraction of sp³-hybridized carbons (Fsp3) is 0.194. The number of benzene rings is 3. The van der Waals surface area contributed by atoms with Crippen LogP contribution in [0, 0.1) is 11.6 Å². The van der Waals surface area contributed by atoms with E-state index >= 15 is 0 Å². The van der Waals surface area contributed by atoms with Crippen LogP contribution in [0.5, 0.6) is 0 Å². The Balaban J connectivity index is 1.27. The number of anilines is 3. The van der Waals surface area contributed by atoms with Gasteiger partial charge in [0.2, 0.25) is 0 Å². The number of hydrogen-bond donors (Lipinski definition) is 6. The summed E-state index contributed by atoms with van der Waals surface area (Å²) in [5.74, 6) is -1.30. The summed E-state index contributed by atoms with van der Waals surface area (Å²) in [5, 5.41) is 4.69. The number of hydrogen-bond acceptors (Lipinski definition) is 15. The topological polar surface area (TPSA) is 295 Å². The summed E-state index contributed by atoms with van der Waals surface area (Å²) in [6.45, 7) is -1.14. The first-order chi connectivity index (χ1) is 27.0. The molecule has 0 bridgehead atoms. The lowest BCUT2D eigenvalue weighted by atomic mass is 10.1. The summed E-state index contributed by atoms with van der Waals surface area (Å²) in [5.41, 5.74) is 6.34. The molecule has 0 saturated carbocycles. The van der Waals surface area contributed by atoms with Gasteiger partial charge < -0.3 is 34.6 Å². The molecule has 7 N–H and O–H groups in total. The van der Waals surface area contributed by atoms with Crippen LogP contribution in [0.25, 0.3) is 11.2 Å². The Morgan fingerprint density at radius 1 is 0.789 bits per heavy atom. The maximum absolute atomic E-state index is 13.5. The van der Waals surface area contributed by atoms with E-state index in [1.54, 1.807) is 6.07 Å². The summed E-state index contributed by atoms with van der Waals surface area (Å²) >= 11 is 0. The Bertz CT molecular complexity index is 2380. The van der Waals surface area contributed by atoms with Crippen molar-refractivity contribution in [2.45, 2.75) is 30.7 Å². The average molecular weight is 856 g/mol. The molecule has 1 fully saturated rings. The summed E-state index contributed by atoms with van der Waals surface area (Å²) < 4.78 is 97.3. The van der Waals surface area contributed by atoms with Crippen LogP contribution >= 0.6 is 23.2 Å². The molecule has 21 nitrogen and oxygen atoms in total. The van der Waals surface area contributed by atoms with E-state index < -0.39 is 84.4 Å². The van der Waals surface area contributed by atoms with E-state index in [4.69, 9.17) is 24.5 Å². The summed E-state index contributed by atoms with van der Waals surface area (Å²) in [4.78, 5) is 69.4. The zero-order valence-electron chi connectivity index (χ0n) is 28.7. The highest BCUT2D eigenvalue weighted by atomic mass is 31.3. The van der Waals surface area contributed by atoms with Crippen molar-refractivity contribution in [3.8, 4) is 0 Å². The van der Waals surface area contributed by atoms with Crippen molar-refractivity contribution in [1.82, 2.24) is 19.5 Å². The van der Waals surface area contributed by atoms with E-state index in [0.29, 0.717) is 0 Å². The first kappa shape index (κ1) is 41.5. The number of phosphoric acid groups is 2. The van der Waals surface area contributed by atoms with Gasteiger partial charge >= 0.3 is 35.4 Å². The highest BCUT2D eigenvalue weighted by molar-refractivity contribution is 7.68. The second kappa shape index (κ2) is 17.1. The predicted octanol–water partition coefficient (Wildman–Crippen LogP) is 5.45. The molecule has 57 heavy (non-hydrogen) atoms. The lowest BCUT2D eigenvalue weighted by Gasteiger charge is -2.25. The van der Waals surface area contributed by atoms with Gasteiger partial charge in [0.15, 0.2) is 29.9 Å². The van der Waals surface area contributed by atoms with E-state index in [-0.39, 0.29) is 33.9 Å². The van der Waals surface area contributed by atoms with Crippen LogP contribution in [0.3, 0.4) is 0 Å². The minimum atomic E-state index is -5.82. The van der Waals surface area contributed by atoms with Crippen molar-refractivity contribution in [2.24, 2.45) is 0 Å². The van der Waals surface area contributed by atoms with E-state index in [0.717, 1.165) is 36.9 Å². The first-order valence-corrected chi connectivity index (χ1v) is 20.8. The maximum Gasteiger partial charge on any atom is 0.488 e. The third-order valence-corrected chi connectivity index (χ3v) is 12.4. The highest BCUT2D eigenvalue weighted by Gasteiger charge is 2.52. The minimum absolute atomic E-state index is 0.00888. The number of rotatable bonds is 14. The van der Waals surface area contributed by atoms with Crippen LogP contribution in [0.4, 0.5) is 35.6 Å². The number of phosphoric ester groups is 1. The predicted molar refractivity (Wildman–Crippen MR) is 192 cm³/mol. The fourth-order valence-electron chi connectivity index (χ4n) is 5.34. The van der Waals surface area contributed by atoms with Crippen molar-refractivity contribution in [3.05, 3.63) is 109 Å². The number of carbonyl (C=O) groups is 2. The van der Waals surface area contributed by atoms with Crippen LogP contribution in [0.1, 0.15) is 11.8 Å². The summed E-state index contributed by atoms with van der Waals surface area (Å²) in [7, 11) is -16.5. The smallest absolute Gasteiger partial charge is 0.439 e. The number of carbonyl (C=O) groups excluding carboxylic acids is 2. The molecule has 0 aliphatic carbocycles. The molecule has 3 aromatic carbocycles. The second-order valence-corrected chi connectivity index (χ2v) is 16.9. The fourth-order valence-corrected chi connectivity index (χ4v) is 9.49. The number of imidazole rings is 1. The maximum atomic E-state index is 13.5. The molecule has 2 amide bonds. The molecule has 26 heteroatoms. The number of nitrogens with one attached hydrogen (secondary N) is 2. The van der Waals surface area contributed by atoms with Gasteiger partial charge in [-0.15, -0.1) is 0 Å².